The van der Waals surface area contributed by atoms with E-state index in [1.165, 1.54) is 0 Å². The summed E-state index contributed by atoms with van der Waals surface area (Å²) >= 11 is 0. The van der Waals surface area contributed by atoms with Crippen LogP contribution in [0.25, 0.3) is 0 Å². The number of nitrogens with zero attached hydrogens (tertiary/aromatic N) is 1. The molecule has 0 N–H and O–H groups in total. The molecule has 16 heavy (non-hydrogen) atoms. The second kappa shape index (κ2) is 5.68. The van der Waals surface area contributed by atoms with Crippen LogP contribution in [-0.2, 0) is 14.3 Å². The zero-order valence-electron chi connectivity index (χ0n) is 10.2. The lowest BCUT2D eigenvalue weighted by atomic mass is 10.1. The molecule has 0 aromatic heterocycles. The number of ether oxygens (including phenoxy) is 1. The normalized spacial score (nSPS) is 15.8. The number of Topliss-reactive ketones (excluding diaryl/α,β-unsaturated/α-hetero) is 1. The van der Waals surface area contributed by atoms with Crippen molar-refractivity contribution in [2.24, 2.45) is 5.92 Å². The Morgan fingerprint density at radius 2 is 2.00 bits per heavy atom. The van der Waals surface area contributed by atoms with E-state index in [0.717, 1.165) is 12.8 Å². The minimum atomic E-state index is -0.512. The monoisotopic (exact) mass is 225 g/mol. The molecule has 0 amide bonds. The summed E-state index contributed by atoms with van der Waals surface area (Å²) in [7, 11) is 3.56. The van der Waals surface area contributed by atoms with Gasteiger partial charge >= 0.3 is 5.97 Å². The first-order valence-corrected chi connectivity index (χ1v) is 5.63. The highest BCUT2D eigenvalue weighted by molar-refractivity contribution is 6.17. The van der Waals surface area contributed by atoms with Crippen molar-refractivity contribution >= 4 is 11.8 Å². The van der Waals surface area contributed by atoms with E-state index in [9.17, 15) is 9.59 Å². The van der Waals surface area contributed by atoms with Crippen molar-refractivity contribution in [3.8, 4) is 0 Å². The lowest BCUT2D eigenvalue weighted by Crippen LogP contribution is -2.19. The molecule has 4 nitrogen and oxygen atoms in total. The Labute approximate surface area is 96.3 Å². The molecule has 0 saturated heterocycles. The van der Waals surface area contributed by atoms with Crippen molar-refractivity contribution in [2.45, 2.75) is 26.2 Å². The van der Waals surface area contributed by atoms with Crippen LogP contribution < -0.4 is 0 Å². The summed E-state index contributed by atoms with van der Waals surface area (Å²) in [5, 5.41) is 0. The summed E-state index contributed by atoms with van der Waals surface area (Å²) in [5.41, 5.74) is 0.166. The molecule has 1 rings (SSSR count). The Balaban J connectivity index is 2.68. The van der Waals surface area contributed by atoms with E-state index in [2.05, 4.69) is 0 Å². The first-order valence-electron chi connectivity index (χ1n) is 5.63. The topological polar surface area (TPSA) is 46.6 Å². The Morgan fingerprint density at radius 1 is 1.38 bits per heavy atom. The maximum Gasteiger partial charge on any atom is 0.343 e. The lowest BCUT2D eigenvalue weighted by molar-refractivity contribution is -0.140. The summed E-state index contributed by atoms with van der Waals surface area (Å²) in [4.78, 5) is 25.1. The van der Waals surface area contributed by atoms with Gasteiger partial charge in [-0.2, -0.15) is 0 Å². The molecule has 4 heteroatoms. The summed E-state index contributed by atoms with van der Waals surface area (Å²) in [6, 6.07) is 0. The molecule has 1 saturated carbocycles. The molecule has 0 aromatic rings. The third-order valence-electron chi connectivity index (χ3n) is 2.35. The molecule has 0 heterocycles. The quantitative estimate of drug-likeness (QED) is 0.296. The molecular weight excluding hydrogens is 206 g/mol. The largest absolute Gasteiger partial charge is 0.462 e. The van der Waals surface area contributed by atoms with Gasteiger partial charge in [0.2, 0.25) is 0 Å². The second-order valence-corrected chi connectivity index (χ2v) is 4.30. The molecule has 0 atom stereocenters. The van der Waals surface area contributed by atoms with Gasteiger partial charge in [-0.1, -0.05) is 0 Å². The maximum atomic E-state index is 11.8. The van der Waals surface area contributed by atoms with Gasteiger partial charge in [0.15, 0.2) is 5.78 Å². The van der Waals surface area contributed by atoms with Crippen molar-refractivity contribution in [1.82, 2.24) is 4.90 Å². The zero-order valence-corrected chi connectivity index (χ0v) is 10.2. The Bertz CT molecular complexity index is 303. The van der Waals surface area contributed by atoms with E-state index < -0.39 is 5.97 Å². The molecule has 0 bridgehead atoms. The summed E-state index contributed by atoms with van der Waals surface area (Å²) in [5.74, 6) is -0.135. The average molecular weight is 225 g/mol. The van der Waals surface area contributed by atoms with Gasteiger partial charge in [-0.3, -0.25) is 4.79 Å². The van der Waals surface area contributed by atoms with Gasteiger partial charge < -0.3 is 9.64 Å². The van der Waals surface area contributed by atoms with Crippen molar-refractivity contribution < 1.29 is 14.3 Å². The van der Waals surface area contributed by atoms with Crippen molar-refractivity contribution in [1.29, 1.82) is 0 Å². The van der Waals surface area contributed by atoms with E-state index in [-0.39, 0.29) is 11.4 Å². The zero-order chi connectivity index (χ0) is 12.1. The number of hydrogen-bond acceptors (Lipinski definition) is 4. The lowest BCUT2D eigenvalue weighted by Gasteiger charge is -2.10. The minimum Gasteiger partial charge on any atom is -0.462 e. The predicted molar refractivity (Wildman–Crippen MR) is 60.8 cm³/mol. The first kappa shape index (κ1) is 12.7. The van der Waals surface area contributed by atoms with Crippen LogP contribution in [0.4, 0.5) is 0 Å². The fourth-order valence-corrected chi connectivity index (χ4v) is 1.40. The van der Waals surface area contributed by atoms with Gasteiger partial charge in [-0.05, 0) is 25.7 Å². The number of hydrogen-bond donors (Lipinski definition) is 0. The molecule has 0 unspecified atom stereocenters. The average Bonchev–Trinajstić information content (AvgIpc) is 2.97. The Morgan fingerprint density at radius 3 is 2.44 bits per heavy atom. The summed E-state index contributed by atoms with van der Waals surface area (Å²) < 4.78 is 4.87. The molecule has 1 aliphatic carbocycles. The number of rotatable bonds is 6. The first-order chi connectivity index (χ1) is 7.54. The van der Waals surface area contributed by atoms with Gasteiger partial charge in [-0.15, -0.1) is 0 Å². The van der Waals surface area contributed by atoms with Crippen molar-refractivity contribution in [3.63, 3.8) is 0 Å². The highest BCUT2D eigenvalue weighted by Crippen LogP contribution is 2.33. The Hall–Kier alpha value is -1.32. The van der Waals surface area contributed by atoms with Crippen LogP contribution in [0.15, 0.2) is 11.8 Å². The van der Waals surface area contributed by atoms with Crippen LogP contribution in [0.1, 0.15) is 26.2 Å². The number of ketones is 1. The summed E-state index contributed by atoms with van der Waals surface area (Å²) in [6.07, 6.45) is 4.22. The molecule has 90 valence electrons. The van der Waals surface area contributed by atoms with Gasteiger partial charge in [0.05, 0.1) is 6.61 Å². The molecule has 0 aliphatic heterocycles. The van der Waals surface area contributed by atoms with E-state index in [4.69, 9.17) is 4.74 Å². The Kier molecular flexibility index (Phi) is 4.52. The SMILES string of the molecule is CCOC(=O)/C(=C/N(C)C)C(=O)CC1CC1. The minimum absolute atomic E-state index is 0.102. The second-order valence-electron chi connectivity index (χ2n) is 4.30. The van der Waals surface area contributed by atoms with Gasteiger partial charge in [0.25, 0.3) is 0 Å². The number of esters is 1. The predicted octanol–water partition coefficient (Wildman–Crippen LogP) is 1.36. The van der Waals surface area contributed by atoms with E-state index in [1.807, 2.05) is 0 Å². The fourth-order valence-electron chi connectivity index (χ4n) is 1.40. The van der Waals surface area contributed by atoms with Crippen LogP contribution in [-0.4, -0.2) is 37.4 Å². The third kappa shape index (κ3) is 4.04. The van der Waals surface area contributed by atoms with Crippen molar-refractivity contribution in [3.05, 3.63) is 11.8 Å². The molecular formula is C12H19NO3. The standard InChI is InChI=1S/C12H19NO3/c1-4-16-12(15)10(8-13(2)3)11(14)7-9-5-6-9/h8-9H,4-7H2,1-3H3/b10-8+. The van der Waals surface area contributed by atoms with Crippen LogP contribution >= 0.6 is 0 Å². The van der Waals surface area contributed by atoms with Crippen LogP contribution in [0.5, 0.6) is 0 Å². The molecule has 0 aromatic carbocycles. The molecule has 0 radical (unpaired) electrons. The van der Waals surface area contributed by atoms with E-state index in [1.54, 1.807) is 32.1 Å². The molecule has 1 aliphatic rings. The van der Waals surface area contributed by atoms with Crippen LogP contribution in [0.3, 0.4) is 0 Å². The van der Waals surface area contributed by atoms with E-state index >= 15 is 0 Å². The summed E-state index contributed by atoms with van der Waals surface area (Å²) in [6.45, 7) is 2.02. The molecule has 0 spiro atoms. The number of carbonyl (C=O) groups excluding carboxylic acids is 2. The highest BCUT2D eigenvalue weighted by atomic mass is 16.5. The van der Waals surface area contributed by atoms with Crippen LogP contribution in [0, 0.1) is 5.92 Å². The van der Waals surface area contributed by atoms with E-state index in [0.29, 0.717) is 18.9 Å². The van der Waals surface area contributed by atoms with Crippen LogP contribution in [0.2, 0.25) is 0 Å². The molecule has 1 fully saturated rings. The van der Waals surface area contributed by atoms with Gasteiger partial charge in [0, 0.05) is 26.7 Å². The highest BCUT2D eigenvalue weighted by Gasteiger charge is 2.28. The van der Waals surface area contributed by atoms with Crippen molar-refractivity contribution in [2.75, 3.05) is 20.7 Å². The number of carbonyl (C=O) groups is 2. The van der Waals surface area contributed by atoms with Gasteiger partial charge in [-0.25, -0.2) is 4.79 Å². The smallest absolute Gasteiger partial charge is 0.343 e. The fraction of sp³-hybridized carbons (Fsp3) is 0.667. The third-order valence-corrected chi connectivity index (χ3v) is 2.35. The van der Waals surface area contributed by atoms with Gasteiger partial charge in [0.1, 0.15) is 5.57 Å². The maximum absolute atomic E-state index is 11.8.